The number of furan rings is 1. The van der Waals surface area contributed by atoms with Gasteiger partial charge in [-0.3, -0.25) is 4.79 Å². The molecule has 30 heavy (non-hydrogen) atoms. The zero-order valence-corrected chi connectivity index (χ0v) is 17.1. The number of ether oxygens (including phenoxy) is 2. The number of hydrogen-bond acceptors (Lipinski definition) is 5. The van der Waals surface area contributed by atoms with E-state index in [1.165, 1.54) is 7.11 Å². The fraction of sp³-hybridized carbons (Fsp3) is 0.217. The first-order valence-corrected chi connectivity index (χ1v) is 9.88. The molecular formula is C23H20ClNO5. The van der Waals surface area contributed by atoms with E-state index < -0.39 is 5.97 Å². The predicted molar refractivity (Wildman–Crippen MR) is 111 cm³/mol. The molecule has 0 saturated carbocycles. The van der Waals surface area contributed by atoms with Crippen LogP contribution < -0.4 is 4.74 Å². The first-order chi connectivity index (χ1) is 14.5. The minimum Gasteiger partial charge on any atom is -0.485 e. The summed E-state index contributed by atoms with van der Waals surface area (Å²) in [6.45, 7) is 1.28. The maximum absolute atomic E-state index is 13.0. The zero-order chi connectivity index (χ0) is 21.1. The number of fused-ring (bicyclic) bond motifs is 1. The van der Waals surface area contributed by atoms with E-state index in [0.29, 0.717) is 41.6 Å². The Hall–Kier alpha value is -3.25. The number of halogens is 1. The van der Waals surface area contributed by atoms with Crippen molar-refractivity contribution < 1.29 is 23.5 Å². The summed E-state index contributed by atoms with van der Waals surface area (Å²) >= 11 is 5.94. The van der Waals surface area contributed by atoms with Gasteiger partial charge in [-0.25, -0.2) is 4.79 Å². The highest BCUT2D eigenvalue weighted by atomic mass is 35.5. The Bertz CT molecular complexity index is 1070. The number of hydrogen-bond donors (Lipinski definition) is 0. The van der Waals surface area contributed by atoms with E-state index in [0.717, 1.165) is 11.1 Å². The van der Waals surface area contributed by atoms with Gasteiger partial charge in [0, 0.05) is 29.2 Å². The molecular weight excluding hydrogens is 406 g/mol. The highest BCUT2D eigenvalue weighted by molar-refractivity contribution is 6.30. The second-order valence-electron chi connectivity index (χ2n) is 6.93. The second-order valence-corrected chi connectivity index (χ2v) is 7.37. The van der Waals surface area contributed by atoms with E-state index in [1.807, 2.05) is 41.3 Å². The van der Waals surface area contributed by atoms with Crippen LogP contribution in [0, 0.1) is 0 Å². The zero-order valence-electron chi connectivity index (χ0n) is 16.4. The van der Waals surface area contributed by atoms with E-state index in [-0.39, 0.29) is 18.3 Å². The summed E-state index contributed by atoms with van der Waals surface area (Å²) < 4.78 is 16.0. The van der Waals surface area contributed by atoms with Crippen LogP contribution in [0.25, 0.3) is 0 Å². The van der Waals surface area contributed by atoms with Gasteiger partial charge in [-0.15, -0.1) is 0 Å². The smallest absolute Gasteiger partial charge is 0.373 e. The Kier molecular flexibility index (Phi) is 5.77. The molecule has 0 radical (unpaired) electrons. The quantitative estimate of drug-likeness (QED) is 0.544. The minimum atomic E-state index is -0.537. The summed E-state index contributed by atoms with van der Waals surface area (Å²) in [6, 6.07) is 16.2. The number of carbonyl (C=O) groups is 2. The maximum Gasteiger partial charge on any atom is 0.373 e. The van der Waals surface area contributed by atoms with E-state index in [9.17, 15) is 9.59 Å². The molecule has 154 valence electrons. The molecule has 7 heteroatoms. The van der Waals surface area contributed by atoms with Crippen molar-refractivity contribution in [2.45, 2.75) is 19.6 Å². The van der Waals surface area contributed by atoms with Crippen molar-refractivity contribution in [2.24, 2.45) is 0 Å². The molecule has 1 amide bonds. The van der Waals surface area contributed by atoms with Gasteiger partial charge in [-0.1, -0.05) is 29.8 Å². The first-order valence-electron chi connectivity index (χ1n) is 9.50. The molecule has 6 nitrogen and oxygen atoms in total. The summed E-state index contributed by atoms with van der Waals surface area (Å²) in [5.41, 5.74) is 2.56. The molecule has 0 bridgehead atoms. The van der Waals surface area contributed by atoms with Crippen LogP contribution in [-0.2, 0) is 24.3 Å². The lowest BCUT2D eigenvalue weighted by molar-refractivity contribution is 0.0560. The number of carbonyl (C=O) groups excluding carboxylic acids is 2. The lowest BCUT2D eigenvalue weighted by Crippen LogP contribution is -2.37. The molecule has 0 saturated heterocycles. The van der Waals surface area contributed by atoms with Gasteiger partial charge in [0.05, 0.1) is 7.11 Å². The summed E-state index contributed by atoms with van der Waals surface area (Å²) in [5.74, 6) is 0.703. The van der Waals surface area contributed by atoms with Crippen molar-refractivity contribution in [1.29, 1.82) is 0 Å². The Morgan fingerprint density at radius 3 is 2.70 bits per heavy atom. The summed E-state index contributed by atoms with van der Waals surface area (Å²) in [6.07, 6.45) is 0.691. The Labute approximate surface area is 179 Å². The van der Waals surface area contributed by atoms with Crippen LogP contribution in [0.2, 0.25) is 5.02 Å². The van der Waals surface area contributed by atoms with Crippen molar-refractivity contribution in [3.05, 3.63) is 87.8 Å². The largest absolute Gasteiger partial charge is 0.485 e. The monoisotopic (exact) mass is 425 g/mol. The maximum atomic E-state index is 13.0. The molecule has 0 N–H and O–H groups in total. The van der Waals surface area contributed by atoms with Gasteiger partial charge in [-0.05, 0) is 48.4 Å². The van der Waals surface area contributed by atoms with Crippen LogP contribution in [-0.4, -0.2) is 30.4 Å². The number of rotatable bonds is 6. The number of esters is 1. The normalized spacial score (nSPS) is 13.1. The van der Waals surface area contributed by atoms with Crippen molar-refractivity contribution in [3.8, 4) is 5.75 Å². The summed E-state index contributed by atoms with van der Waals surface area (Å²) in [4.78, 5) is 26.3. The van der Waals surface area contributed by atoms with E-state index >= 15 is 0 Å². The van der Waals surface area contributed by atoms with Gasteiger partial charge < -0.3 is 18.8 Å². The molecule has 0 atom stereocenters. The highest BCUT2D eigenvalue weighted by Crippen LogP contribution is 2.29. The first kappa shape index (κ1) is 20.0. The molecule has 0 aliphatic carbocycles. The topological polar surface area (TPSA) is 69.0 Å². The van der Waals surface area contributed by atoms with Crippen LogP contribution in [0.3, 0.4) is 0 Å². The van der Waals surface area contributed by atoms with E-state index in [4.69, 9.17) is 20.8 Å². The molecule has 4 rings (SSSR count). The molecule has 0 spiro atoms. The minimum absolute atomic E-state index is 0.0253. The van der Waals surface area contributed by atoms with Crippen LogP contribution in [0.1, 0.15) is 37.8 Å². The Morgan fingerprint density at radius 1 is 1.13 bits per heavy atom. The fourth-order valence-corrected chi connectivity index (χ4v) is 3.58. The van der Waals surface area contributed by atoms with Gasteiger partial charge in [0.2, 0.25) is 5.76 Å². The Balaban J connectivity index is 1.46. The molecule has 2 aromatic carbocycles. The third-order valence-electron chi connectivity index (χ3n) is 4.99. The molecule has 1 aromatic heterocycles. The number of benzene rings is 2. The van der Waals surface area contributed by atoms with Crippen molar-refractivity contribution in [1.82, 2.24) is 4.90 Å². The average molecular weight is 426 g/mol. The molecule has 0 unspecified atom stereocenters. The summed E-state index contributed by atoms with van der Waals surface area (Å²) in [5, 5.41) is 0.672. The number of amides is 1. The van der Waals surface area contributed by atoms with Crippen LogP contribution >= 0.6 is 11.6 Å². The van der Waals surface area contributed by atoms with Crippen LogP contribution in [0.5, 0.6) is 5.75 Å². The molecule has 1 aliphatic heterocycles. The number of methoxy groups -OCH3 is 1. The third kappa shape index (κ3) is 4.19. The van der Waals surface area contributed by atoms with Gasteiger partial charge in [0.1, 0.15) is 18.1 Å². The van der Waals surface area contributed by atoms with Crippen LogP contribution in [0.15, 0.2) is 59.0 Å². The summed E-state index contributed by atoms with van der Waals surface area (Å²) in [7, 11) is 1.30. The number of nitrogens with zero attached hydrogens (tertiary/aromatic N) is 1. The van der Waals surface area contributed by atoms with Gasteiger partial charge in [-0.2, -0.15) is 0 Å². The Morgan fingerprint density at radius 2 is 1.93 bits per heavy atom. The van der Waals surface area contributed by atoms with Gasteiger partial charge >= 0.3 is 5.97 Å². The van der Waals surface area contributed by atoms with Crippen molar-refractivity contribution in [3.63, 3.8) is 0 Å². The van der Waals surface area contributed by atoms with E-state index in [1.54, 1.807) is 18.2 Å². The van der Waals surface area contributed by atoms with Gasteiger partial charge in [0.15, 0.2) is 0 Å². The highest BCUT2D eigenvalue weighted by Gasteiger charge is 2.26. The lowest BCUT2D eigenvalue weighted by Gasteiger charge is -2.29. The van der Waals surface area contributed by atoms with Crippen molar-refractivity contribution in [2.75, 3.05) is 13.7 Å². The molecule has 2 heterocycles. The SMILES string of the molecule is COC(=O)c1ccc(COc2cccc3c2CCN(Cc2ccc(Cl)cc2)C3=O)o1. The molecule has 1 aliphatic rings. The lowest BCUT2D eigenvalue weighted by atomic mass is 9.97. The van der Waals surface area contributed by atoms with Crippen LogP contribution in [0.4, 0.5) is 0 Å². The van der Waals surface area contributed by atoms with Crippen molar-refractivity contribution >= 4 is 23.5 Å². The van der Waals surface area contributed by atoms with E-state index in [2.05, 4.69) is 4.74 Å². The molecule has 3 aromatic rings. The molecule has 0 fully saturated rings. The fourth-order valence-electron chi connectivity index (χ4n) is 3.45. The van der Waals surface area contributed by atoms with Gasteiger partial charge in [0.25, 0.3) is 5.91 Å². The standard InChI is InChI=1S/C23H20ClNO5/c1-28-23(27)21-10-9-17(30-21)14-29-20-4-2-3-19-18(20)11-12-25(22(19)26)13-15-5-7-16(24)8-6-15/h2-10H,11-14H2,1H3. The third-order valence-corrected chi connectivity index (χ3v) is 5.24. The predicted octanol–water partition coefficient (Wildman–Crippen LogP) is 4.50. The second kappa shape index (κ2) is 8.63. The average Bonchev–Trinajstić information content (AvgIpc) is 3.24.